The molecule has 0 fully saturated rings. The van der Waals surface area contributed by atoms with Crippen LogP contribution >= 0.6 is 0 Å². The summed E-state index contributed by atoms with van der Waals surface area (Å²) in [5, 5.41) is 0. The fourth-order valence-electron chi connectivity index (χ4n) is 2.96. The Kier molecular flexibility index (Phi) is 13.3. The van der Waals surface area contributed by atoms with Gasteiger partial charge in [-0.1, -0.05) is 0 Å². The van der Waals surface area contributed by atoms with Crippen molar-refractivity contribution in [3.05, 3.63) is 27.8 Å². The van der Waals surface area contributed by atoms with E-state index in [4.69, 9.17) is 14.2 Å². The SMILES string of the molecule is Cc1c(CN=C=O)c(C)c(CN=C=O)c(OCCOCCOCCN[NH3+])c1CN=C=O. The van der Waals surface area contributed by atoms with Crippen molar-refractivity contribution in [3.63, 3.8) is 0 Å². The second kappa shape index (κ2) is 15.8. The van der Waals surface area contributed by atoms with E-state index in [0.29, 0.717) is 49.8 Å². The van der Waals surface area contributed by atoms with Crippen molar-refractivity contribution in [3.8, 4) is 5.75 Å². The van der Waals surface area contributed by atoms with E-state index < -0.39 is 0 Å². The summed E-state index contributed by atoms with van der Waals surface area (Å²) in [5.41, 5.74) is 6.31. The highest BCUT2D eigenvalue weighted by Crippen LogP contribution is 2.35. The first kappa shape index (κ1) is 26.0. The first-order chi connectivity index (χ1) is 15.1. The van der Waals surface area contributed by atoms with Crippen LogP contribution in [0.2, 0.25) is 0 Å². The van der Waals surface area contributed by atoms with E-state index in [1.165, 1.54) is 18.2 Å². The number of nitrogens with zero attached hydrogens (tertiary/aromatic N) is 3. The molecule has 0 bridgehead atoms. The summed E-state index contributed by atoms with van der Waals surface area (Å²) in [5.74, 6) is 3.97. The number of benzene rings is 1. The number of isocyanates is 3. The first-order valence-electron chi connectivity index (χ1n) is 9.65. The van der Waals surface area contributed by atoms with Crippen LogP contribution < -0.4 is 16.0 Å². The second-order valence-corrected chi connectivity index (χ2v) is 6.31. The molecule has 31 heavy (non-hydrogen) atoms. The van der Waals surface area contributed by atoms with Gasteiger partial charge in [-0.2, -0.15) is 5.43 Å². The van der Waals surface area contributed by atoms with Gasteiger partial charge in [-0.25, -0.2) is 29.4 Å². The average Bonchev–Trinajstić information content (AvgIpc) is 2.77. The Morgan fingerprint density at radius 1 is 0.742 bits per heavy atom. The second-order valence-electron chi connectivity index (χ2n) is 6.31. The lowest BCUT2D eigenvalue weighted by molar-refractivity contribution is -0.443. The lowest BCUT2D eigenvalue weighted by atomic mass is 9.91. The van der Waals surface area contributed by atoms with E-state index in [0.717, 1.165) is 16.7 Å². The minimum Gasteiger partial charge on any atom is -0.490 e. The van der Waals surface area contributed by atoms with Gasteiger partial charge in [0.1, 0.15) is 12.4 Å². The van der Waals surface area contributed by atoms with Gasteiger partial charge in [0.15, 0.2) is 0 Å². The van der Waals surface area contributed by atoms with Crippen molar-refractivity contribution in [1.29, 1.82) is 0 Å². The number of nitrogens with one attached hydrogen (secondary N) is 1. The third-order valence-electron chi connectivity index (χ3n) is 4.53. The molecule has 1 aromatic carbocycles. The summed E-state index contributed by atoms with van der Waals surface area (Å²) in [4.78, 5) is 43.0. The smallest absolute Gasteiger partial charge is 0.235 e. The molecule has 0 saturated heterocycles. The molecule has 4 N–H and O–H groups in total. The number of hydrogen-bond donors (Lipinski definition) is 2. The molecular formula is C20H28N5O6+. The van der Waals surface area contributed by atoms with Crippen molar-refractivity contribution in [2.75, 3.05) is 39.6 Å². The number of rotatable bonds is 16. The monoisotopic (exact) mass is 434 g/mol. The summed E-state index contributed by atoms with van der Waals surface area (Å²) < 4.78 is 16.8. The molecule has 0 aliphatic carbocycles. The molecule has 0 atom stereocenters. The van der Waals surface area contributed by atoms with E-state index in [-0.39, 0.29) is 26.2 Å². The molecule has 0 amide bonds. The predicted molar refractivity (Wildman–Crippen MR) is 109 cm³/mol. The third kappa shape index (κ3) is 8.72. The molecule has 11 nitrogen and oxygen atoms in total. The molecule has 168 valence electrons. The van der Waals surface area contributed by atoms with Crippen LogP contribution in [0.4, 0.5) is 0 Å². The van der Waals surface area contributed by atoms with Crippen LogP contribution in [0.5, 0.6) is 5.75 Å². The highest BCUT2D eigenvalue weighted by molar-refractivity contribution is 5.56. The molecule has 1 aromatic rings. The lowest BCUT2D eigenvalue weighted by Crippen LogP contribution is -2.65. The lowest BCUT2D eigenvalue weighted by Gasteiger charge is -2.21. The van der Waals surface area contributed by atoms with Crippen LogP contribution in [0.3, 0.4) is 0 Å². The van der Waals surface area contributed by atoms with Crippen molar-refractivity contribution in [1.82, 2.24) is 5.43 Å². The van der Waals surface area contributed by atoms with E-state index in [9.17, 15) is 14.4 Å². The predicted octanol–water partition coefficient (Wildman–Crippen LogP) is -0.0307. The third-order valence-corrected chi connectivity index (χ3v) is 4.53. The fraction of sp³-hybridized carbons (Fsp3) is 0.550. The molecule has 1 rings (SSSR count). The molecule has 0 spiro atoms. The Balaban J connectivity index is 3.04. The van der Waals surface area contributed by atoms with Gasteiger partial charge in [-0.3, -0.25) is 5.84 Å². The minimum atomic E-state index is 0.0234. The molecule has 0 heterocycles. The Morgan fingerprint density at radius 3 is 1.68 bits per heavy atom. The van der Waals surface area contributed by atoms with Crippen molar-refractivity contribution in [2.45, 2.75) is 33.5 Å². The normalized spacial score (nSPS) is 10.0. The van der Waals surface area contributed by atoms with Crippen LogP contribution in [0.25, 0.3) is 0 Å². The average molecular weight is 434 g/mol. The maximum absolute atomic E-state index is 10.7. The molecule has 0 aromatic heterocycles. The number of hydrogen-bond acceptors (Lipinski definition) is 10. The van der Waals surface area contributed by atoms with Crippen LogP contribution in [-0.4, -0.2) is 57.8 Å². The van der Waals surface area contributed by atoms with Gasteiger partial charge in [-0.05, 0) is 30.5 Å². The molecule has 0 unspecified atom stereocenters. The quantitative estimate of drug-likeness (QED) is 0.160. The summed E-state index contributed by atoms with van der Waals surface area (Å²) in [6.45, 7) is 6.39. The van der Waals surface area contributed by atoms with E-state index in [1.54, 1.807) is 0 Å². The fourth-order valence-corrected chi connectivity index (χ4v) is 2.96. The highest BCUT2D eigenvalue weighted by Gasteiger charge is 2.20. The van der Waals surface area contributed by atoms with Crippen molar-refractivity contribution in [2.24, 2.45) is 15.0 Å². The number of aliphatic imine (C=N–C) groups is 3. The molecule has 0 radical (unpaired) electrons. The molecule has 0 aliphatic heterocycles. The van der Waals surface area contributed by atoms with Crippen LogP contribution in [0.15, 0.2) is 15.0 Å². The van der Waals surface area contributed by atoms with Gasteiger partial charge >= 0.3 is 0 Å². The van der Waals surface area contributed by atoms with E-state index >= 15 is 0 Å². The summed E-state index contributed by atoms with van der Waals surface area (Å²) in [6, 6.07) is 0. The Morgan fingerprint density at radius 2 is 1.19 bits per heavy atom. The Labute approximate surface area is 180 Å². The van der Waals surface area contributed by atoms with Crippen molar-refractivity contribution < 1.29 is 34.4 Å². The van der Waals surface area contributed by atoms with Gasteiger partial charge < -0.3 is 14.2 Å². The van der Waals surface area contributed by atoms with E-state index in [2.05, 4.69) is 26.2 Å². The topological polar surface area (TPSA) is 156 Å². The summed E-state index contributed by atoms with van der Waals surface area (Å²) >= 11 is 0. The van der Waals surface area contributed by atoms with Crippen molar-refractivity contribution >= 4 is 18.2 Å². The van der Waals surface area contributed by atoms with Crippen LogP contribution in [-0.2, 0) is 43.5 Å². The largest absolute Gasteiger partial charge is 0.490 e. The molecule has 11 heteroatoms. The first-order valence-corrected chi connectivity index (χ1v) is 9.65. The standard InChI is InChI=1S/C20H27N5O6/c1-15-17(9-22-12-26)16(2)19(11-24-14-28)20(18(15)10-23-13-27)31-8-7-30-6-5-29-4-3-25-21/h25H,3-11,21H2,1-2H3/p+1. The van der Waals surface area contributed by atoms with Crippen LogP contribution in [0.1, 0.15) is 27.8 Å². The van der Waals surface area contributed by atoms with Gasteiger partial charge in [0, 0.05) is 11.1 Å². The Hall–Kier alpha value is -3.00. The highest BCUT2D eigenvalue weighted by atomic mass is 16.5. The number of carbonyl (C=O) groups excluding carboxylic acids is 3. The maximum Gasteiger partial charge on any atom is 0.235 e. The number of quaternary nitrogens is 1. The van der Waals surface area contributed by atoms with E-state index in [1.807, 2.05) is 13.8 Å². The zero-order chi connectivity index (χ0) is 22.9. The molecule has 0 aliphatic rings. The Bertz CT molecular complexity index is 809. The molecule has 0 saturated carbocycles. The summed E-state index contributed by atoms with van der Waals surface area (Å²) in [7, 11) is 0. The number of ether oxygens (including phenoxy) is 3. The maximum atomic E-state index is 10.7. The van der Waals surface area contributed by atoms with Crippen LogP contribution in [0, 0.1) is 13.8 Å². The molecular weight excluding hydrogens is 406 g/mol. The van der Waals surface area contributed by atoms with Gasteiger partial charge in [-0.15, -0.1) is 0 Å². The van der Waals surface area contributed by atoms with Gasteiger partial charge in [0.25, 0.3) is 0 Å². The summed E-state index contributed by atoms with van der Waals surface area (Å²) in [6.07, 6.45) is 4.55. The zero-order valence-electron chi connectivity index (χ0n) is 17.9. The van der Waals surface area contributed by atoms with Gasteiger partial charge in [0.05, 0.1) is 52.6 Å². The zero-order valence-corrected chi connectivity index (χ0v) is 17.9. The minimum absolute atomic E-state index is 0.0234. The van der Waals surface area contributed by atoms with Gasteiger partial charge in [0.2, 0.25) is 18.2 Å².